The predicted molar refractivity (Wildman–Crippen MR) is 163 cm³/mol. The first-order valence-electron chi connectivity index (χ1n) is 16.5. The number of hydrogen-bond donors (Lipinski definition) is 2. The smallest absolute Gasteiger partial charge is 0.320 e. The third kappa shape index (κ3) is 4.54. The Hall–Kier alpha value is -1.93. The van der Waals surface area contributed by atoms with Crippen molar-refractivity contribution < 1.29 is 33.7 Å². The van der Waals surface area contributed by atoms with Crippen LogP contribution in [0, 0.1) is 56.7 Å². The van der Waals surface area contributed by atoms with E-state index in [1.165, 1.54) is 12.5 Å². The molecule has 11 atom stereocenters. The van der Waals surface area contributed by atoms with E-state index in [9.17, 15) is 19.5 Å². The van der Waals surface area contributed by atoms with Gasteiger partial charge in [0.05, 0.1) is 25.7 Å². The minimum atomic E-state index is -0.667. The minimum absolute atomic E-state index is 0.0826. The van der Waals surface area contributed by atoms with Gasteiger partial charge >= 0.3 is 17.9 Å². The van der Waals surface area contributed by atoms with Gasteiger partial charge in [0, 0.05) is 17.8 Å². The molecule has 8 heteroatoms. The summed E-state index contributed by atoms with van der Waals surface area (Å²) in [6.45, 7) is 18.2. The van der Waals surface area contributed by atoms with Crippen LogP contribution in [0.2, 0.25) is 0 Å². The number of carboxylic acids is 1. The van der Waals surface area contributed by atoms with Gasteiger partial charge in [-0.25, -0.2) is 0 Å². The van der Waals surface area contributed by atoms with Crippen molar-refractivity contribution in [3.8, 4) is 0 Å². The number of carbonyl (C=O) groups is 3. The number of carbonyl (C=O) groups excluding carboxylic acids is 2. The molecule has 0 aromatic carbocycles. The average molecular weight is 602 g/mol. The molecule has 1 saturated heterocycles. The van der Waals surface area contributed by atoms with E-state index in [0.717, 1.165) is 25.7 Å². The van der Waals surface area contributed by atoms with Gasteiger partial charge in [0.25, 0.3) is 0 Å². The quantitative estimate of drug-likeness (QED) is 0.285. The molecule has 1 heterocycles. The Morgan fingerprint density at radius 3 is 2.35 bits per heavy atom. The van der Waals surface area contributed by atoms with Crippen LogP contribution in [-0.2, 0) is 28.6 Å². The lowest BCUT2D eigenvalue weighted by Gasteiger charge is -2.71. The van der Waals surface area contributed by atoms with Gasteiger partial charge in [0.15, 0.2) is 0 Å². The number of fused-ring (bicyclic) bond motifs is 3. The summed E-state index contributed by atoms with van der Waals surface area (Å²) in [5, 5.41) is 13.8. The van der Waals surface area contributed by atoms with Crippen LogP contribution in [0.1, 0.15) is 93.9 Å². The fraction of sp³-hybridized carbons (Fsp3) is 0.857. The first-order chi connectivity index (χ1) is 20.0. The molecule has 0 spiro atoms. The second kappa shape index (κ2) is 10.9. The number of carboxylic acid groups (broad SMARTS) is 1. The largest absolute Gasteiger partial charge is 0.481 e. The number of rotatable bonds is 7. The highest BCUT2D eigenvalue weighted by Crippen LogP contribution is 2.75. The fourth-order valence-corrected chi connectivity index (χ4v) is 11.4. The molecule has 242 valence electrons. The average Bonchev–Trinajstić information content (AvgIpc) is 2.90. The maximum Gasteiger partial charge on any atom is 0.320 e. The lowest BCUT2D eigenvalue weighted by atomic mass is 9.34. The number of aliphatic carboxylic acids is 1. The number of nitrogens with one attached hydrogen (secondary N) is 1. The van der Waals surface area contributed by atoms with E-state index in [-0.39, 0.29) is 52.5 Å². The van der Waals surface area contributed by atoms with Gasteiger partial charge < -0.3 is 24.6 Å². The van der Waals surface area contributed by atoms with Gasteiger partial charge in [-0.2, -0.15) is 0 Å². The third-order valence-corrected chi connectivity index (χ3v) is 14.0. The Morgan fingerprint density at radius 1 is 1.05 bits per heavy atom. The van der Waals surface area contributed by atoms with Crippen LogP contribution in [-0.4, -0.2) is 62.0 Å². The molecule has 0 radical (unpaired) electrons. The second-order valence-corrected chi connectivity index (χ2v) is 16.1. The molecule has 0 amide bonds. The van der Waals surface area contributed by atoms with Crippen molar-refractivity contribution in [1.29, 1.82) is 0 Å². The van der Waals surface area contributed by atoms with E-state index in [2.05, 4.69) is 59.9 Å². The van der Waals surface area contributed by atoms with Gasteiger partial charge in [0.1, 0.15) is 12.2 Å². The SMILES string of the molecule is CNCC(=O)O[C@H]1[C@H](OC(C)=O)C[C@@]23COC[C@]1(C)[C@@H]2CC[C@H]1C3=CC[C@@]2(C)[C@H](C(=O)O)[C@@](C)([C@H](C)C(C)C)CC[C@]12C. The summed E-state index contributed by atoms with van der Waals surface area (Å²) in [4.78, 5) is 38.5. The molecule has 2 bridgehead atoms. The number of ether oxygens (including phenoxy) is 3. The maximum atomic E-state index is 13.3. The van der Waals surface area contributed by atoms with Crippen molar-refractivity contribution >= 4 is 17.9 Å². The zero-order valence-electron chi connectivity index (χ0n) is 27.9. The van der Waals surface area contributed by atoms with Crippen LogP contribution in [0.15, 0.2) is 11.6 Å². The molecule has 43 heavy (non-hydrogen) atoms. The van der Waals surface area contributed by atoms with Gasteiger partial charge in [-0.15, -0.1) is 0 Å². The molecular weight excluding hydrogens is 546 g/mol. The number of hydrogen-bond acceptors (Lipinski definition) is 7. The van der Waals surface area contributed by atoms with Crippen molar-refractivity contribution in [2.45, 2.75) is 106 Å². The topological polar surface area (TPSA) is 111 Å². The second-order valence-electron chi connectivity index (χ2n) is 16.1. The van der Waals surface area contributed by atoms with Crippen LogP contribution >= 0.6 is 0 Å². The number of likely N-dealkylation sites (N-methyl/N-ethyl adjacent to an activating group) is 1. The summed E-state index contributed by atoms with van der Waals surface area (Å²) in [5.74, 6) is -0.754. The summed E-state index contributed by atoms with van der Waals surface area (Å²) in [6.07, 6.45) is 6.26. The summed E-state index contributed by atoms with van der Waals surface area (Å²) >= 11 is 0. The molecule has 0 aromatic heterocycles. The zero-order chi connectivity index (χ0) is 31.8. The zero-order valence-corrected chi connectivity index (χ0v) is 27.9. The summed E-state index contributed by atoms with van der Waals surface area (Å²) in [7, 11) is 1.71. The Labute approximate surface area is 258 Å². The van der Waals surface area contributed by atoms with Gasteiger partial charge in [0.2, 0.25) is 0 Å². The molecule has 4 fully saturated rings. The van der Waals surface area contributed by atoms with Crippen molar-refractivity contribution in [2.75, 3.05) is 26.8 Å². The predicted octanol–water partition coefficient (Wildman–Crippen LogP) is 5.64. The van der Waals surface area contributed by atoms with E-state index < -0.39 is 34.9 Å². The molecule has 3 saturated carbocycles. The van der Waals surface area contributed by atoms with Crippen LogP contribution in [0.5, 0.6) is 0 Å². The van der Waals surface area contributed by atoms with E-state index in [1.807, 2.05) is 0 Å². The van der Waals surface area contributed by atoms with E-state index in [0.29, 0.717) is 32.0 Å². The number of esters is 2. The molecule has 1 aliphatic heterocycles. The van der Waals surface area contributed by atoms with Crippen LogP contribution < -0.4 is 5.32 Å². The summed E-state index contributed by atoms with van der Waals surface area (Å²) in [5.41, 5.74) is -0.391. The maximum absolute atomic E-state index is 13.3. The summed E-state index contributed by atoms with van der Waals surface area (Å²) in [6, 6.07) is 0. The van der Waals surface area contributed by atoms with E-state index in [4.69, 9.17) is 14.2 Å². The lowest BCUT2D eigenvalue weighted by Crippen LogP contribution is -2.70. The fourth-order valence-electron chi connectivity index (χ4n) is 11.4. The van der Waals surface area contributed by atoms with Crippen molar-refractivity contribution in [3.05, 3.63) is 11.6 Å². The van der Waals surface area contributed by atoms with Crippen molar-refractivity contribution in [1.82, 2.24) is 5.32 Å². The van der Waals surface area contributed by atoms with Gasteiger partial charge in [-0.1, -0.05) is 60.1 Å². The third-order valence-electron chi connectivity index (χ3n) is 14.0. The Balaban J connectivity index is 1.60. The number of allylic oxidation sites excluding steroid dienone is 1. The van der Waals surface area contributed by atoms with Gasteiger partial charge in [-0.3, -0.25) is 14.4 Å². The van der Waals surface area contributed by atoms with Crippen molar-refractivity contribution in [3.63, 3.8) is 0 Å². The first kappa shape index (κ1) is 32.5. The van der Waals surface area contributed by atoms with Crippen LogP contribution in [0.25, 0.3) is 0 Å². The highest BCUT2D eigenvalue weighted by molar-refractivity contribution is 5.73. The molecule has 0 unspecified atom stereocenters. The molecule has 8 nitrogen and oxygen atoms in total. The molecule has 2 N–H and O–H groups in total. The standard InChI is InChI=1S/C35H55NO7/c1-20(2)21(3)31(5)14-15-33(7)23-10-11-26-32(6)18-41-19-35(26,24(23)12-13-34(33,8)28(31)30(39)40)16-25(42-22(4)37)29(32)43-27(38)17-36-9/h12,20-21,23,25-26,28-29,36H,10-11,13-19H2,1-9H3,(H,39,40)/t21-,23+,25-,26+,28-,29+,31-,32-,33-,34+,35+/m1/s1. The highest BCUT2D eigenvalue weighted by atomic mass is 16.6. The Bertz CT molecular complexity index is 1180. The Kier molecular flexibility index (Phi) is 8.19. The Morgan fingerprint density at radius 2 is 1.74 bits per heavy atom. The monoisotopic (exact) mass is 601 g/mol. The van der Waals surface area contributed by atoms with Crippen LogP contribution in [0.4, 0.5) is 0 Å². The minimum Gasteiger partial charge on any atom is -0.481 e. The van der Waals surface area contributed by atoms with Crippen LogP contribution in [0.3, 0.4) is 0 Å². The molecule has 5 rings (SSSR count). The van der Waals surface area contributed by atoms with E-state index >= 15 is 0 Å². The lowest BCUT2D eigenvalue weighted by molar-refractivity contribution is -0.262. The van der Waals surface area contributed by atoms with Gasteiger partial charge in [-0.05, 0) is 85.5 Å². The molecule has 0 aromatic rings. The normalized spacial score (nSPS) is 46.0. The van der Waals surface area contributed by atoms with Crippen molar-refractivity contribution in [2.24, 2.45) is 56.7 Å². The summed E-state index contributed by atoms with van der Waals surface area (Å²) < 4.78 is 18.5. The molecular formula is C35H55NO7. The molecule has 5 aliphatic rings. The van der Waals surface area contributed by atoms with E-state index in [1.54, 1.807) is 7.05 Å². The molecule has 4 aliphatic carbocycles. The highest BCUT2D eigenvalue weighted by Gasteiger charge is 2.72. The first-order valence-corrected chi connectivity index (χ1v) is 16.5.